The maximum atomic E-state index is 5.86. The van der Waals surface area contributed by atoms with E-state index < -0.39 is 0 Å². The predicted octanol–water partition coefficient (Wildman–Crippen LogP) is 2.13. The number of nitrogens with one attached hydrogen (secondary N) is 1. The second kappa shape index (κ2) is 5.55. The fourth-order valence-corrected chi connectivity index (χ4v) is 2.72. The van der Waals surface area contributed by atoms with Crippen LogP contribution in [0.15, 0.2) is 4.99 Å². The van der Waals surface area contributed by atoms with E-state index in [-0.39, 0.29) is 0 Å². The van der Waals surface area contributed by atoms with E-state index in [1.54, 1.807) is 0 Å². The Kier molecular flexibility index (Phi) is 4.08. The molecule has 2 aliphatic rings. The van der Waals surface area contributed by atoms with Crippen LogP contribution in [0.2, 0.25) is 0 Å². The Labute approximate surface area is 98.9 Å². The third-order valence-corrected chi connectivity index (χ3v) is 4.33. The molecule has 2 rings (SSSR count). The zero-order valence-electron chi connectivity index (χ0n) is 10.4. The van der Waals surface area contributed by atoms with Crippen LogP contribution >= 0.6 is 0 Å². The average molecular weight is 223 g/mol. The van der Waals surface area contributed by atoms with E-state index in [0.717, 1.165) is 30.8 Å². The predicted molar refractivity (Wildman–Crippen MR) is 68.3 cm³/mol. The van der Waals surface area contributed by atoms with Crippen molar-refractivity contribution in [3.05, 3.63) is 0 Å². The van der Waals surface area contributed by atoms with Gasteiger partial charge >= 0.3 is 0 Å². The monoisotopic (exact) mass is 223 g/mol. The fourth-order valence-electron chi connectivity index (χ4n) is 2.72. The number of rotatable bonds is 4. The van der Waals surface area contributed by atoms with Crippen LogP contribution in [0.3, 0.4) is 0 Å². The zero-order valence-corrected chi connectivity index (χ0v) is 10.4. The first-order valence-electron chi connectivity index (χ1n) is 6.79. The molecule has 3 heteroatoms. The molecule has 2 unspecified atom stereocenters. The first-order valence-corrected chi connectivity index (χ1v) is 6.79. The van der Waals surface area contributed by atoms with Crippen LogP contribution in [0.5, 0.6) is 0 Å². The van der Waals surface area contributed by atoms with Crippen molar-refractivity contribution >= 4 is 5.96 Å². The molecule has 2 saturated carbocycles. The molecule has 0 radical (unpaired) electrons. The third kappa shape index (κ3) is 3.13. The van der Waals surface area contributed by atoms with Crippen molar-refractivity contribution < 1.29 is 0 Å². The molecule has 3 nitrogen and oxygen atoms in total. The van der Waals surface area contributed by atoms with Gasteiger partial charge in [-0.3, -0.25) is 4.99 Å². The maximum absolute atomic E-state index is 5.86. The topological polar surface area (TPSA) is 50.4 Å². The summed E-state index contributed by atoms with van der Waals surface area (Å²) in [6.07, 6.45) is 8.18. The standard InChI is InChI=1S/C13H25N3/c1-10-4-2-7-12(10)9-16-13(14)15-8-11-5-3-6-11/h10-12H,2-9H2,1H3,(H3,14,15,16). The Morgan fingerprint density at radius 3 is 2.56 bits per heavy atom. The molecule has 2 aliphatic carbocycles. The normalized spacial score (nSPS) is 31.4. The molecule has 0 heterocycles. The summed E-state index contributed by atoms with van der Waals surface area (Å²) < 4.78 is 0. The Bertz CT molecular complexity index is 246. The van der Waals surface area contributed by atoms with E-state index >= 15 is 0 Å². The molecule has 0 aliphatic heterocycles. The molecule has 0 saturated heterocycles. The van der Waals surface area contributed by atoms with E-state index in [0.29, 0.717) is 5.96 Å². The molecule has 0 aromatic rings. The number of hydrogen-bond donors (Lipinski definition) is 2. The molecule has 2 fully saturated rings. The highest BCUT2D eigenvalue weighted by molar-refractivity contribution is 5.77. The summed E-state index contributed by atoms with van der Waals surface area (Å²) in [4.78, 5) is 4.42. The molecular formula is C13H25N3. The summed E-state index contributed by atoms with van der Waals surface area (Å²) in [5, 5.41) is 3.29. The Hall–Kier alpha value is -0.730. The number of nitrogens with two attached hydrogens (primary N) is 1. The van der Waals surface area contributed by atoms with Crippen molar-refractivity contribution in [2.24, 2.45) is 28.5 Å². The molecule has 0 aromatic heterocycles. The van der Waals surface area contributed by atoms with Crippen molar-refractivity contribution in [1.82, 2.24) is 5.32 Å². The van der Waals surface area contributed by atoms with Gasteiger partial charge in [0.05, 0.1) is 0 Å². The minimum atomic E-state index is 0.658. The van der Waals surface area contributed by atoms with Gasteiger partial charge in [0.2, 0.25) is 0 Å². The summed E-state index contributed by atoms with van der Waals surface area (Å²) in [6, 6.07) is 0. The van der Waals surface area contributed by atoms with Gasteiger partial charge in [0.1, 0.15) is 0 Å². The van der Waals surface area contributed by atoms with Gasteiger partial charge < -0.3 is 11.1 Å². The summed E-state index contributed by atoms with van der Waals surface area (Å²) in [5.74, 6) is 3.13. The smallest absolute Gasteiger partial charge is 0.188 e. The van der Waals surface area contributed by atoms with Crippen molar-refractivity contribution in [1.29, 1.82) is 0 Å². The van der Waals surface area contributed by atoms with Crippen molar-refractivity contribution in [2.45, 2.75) is 45.4 Å². The van der Waals surface area contributed by atoms with E-state index in [4.69, 9.17) is 5.73 Å². The van der Waals surface area contributed by atoms with E-state index in [9.17, 15) is 0 Å². The number of nitrogens with zero attached hydrogens (tertiary/aromatic N) is 1. The van der Waals surface area contributed by atoms with Crippen LogP contribution in [0, 0.1) is 17.8 Å². The van der Waals surface area contributed by atoms with Gasteiger partial charge in [0, 0.05) is 13.1 Å². The molecule has 0 bridgehead atoms. The van der Waals surface area contributed by atoms with Gasteiger partial charge in [-0.2, -0.15) is 0 Å². The lowest BCUT2D eigenvalue weighted by Gasteiger charge is -2.23. The van der Waals surface area contributed by atoms with Gasteiger partial charge in [0.15, 0.2) is 5.96 Å². The molecule has 2 atom stereocenters. The van der Waals surface area contributed by atoms with Crippen molar-refractivity contribution in [3.63, 3.8) is 0 Å². The van der Waals surface area contributed by atoms with Crippen LogP contribution in [0.1, 0.15) is 45.4 Å². The van der Waals surface area contributed by atoms with Crippen LogP contribution in [0.25, 0.3) is 0 Å². The van der Waals surface area contributed by atoms with Crippen molar-refractivity contribution in [2.75, 3.05) is 13.1 Å². The molecule has 3 N–H and O–H groups in total. The number of guanidine groups is 1. The molecular weight excluding hydrogens is 198 g/mol. The SMILES string of the molecule is CC1CCCC1CNC(N)=NCC1CCC1. The Morgan fingerprint density at radius 1 is 1.25 bits per heavy atom. The molecule has 16 heavy (non-hydrogen) atoms. The third-order valence-electron chi connectivity index (χ3n) is 4.33. The lowest BCUT2D eigenvalue weighted by Crippen LogP contribution is -2.36. The summed E-state index contributed by atoms with van der Waals surface area (Å²) >= 11 is 0. The van der Waals surface area contributed by atoms with Gasteiger partial charge in [-0.05, 0) is 37.0 Å². The van der Waals surface area contributed by atoms with E-state index in [1.165, 1.54) is 38.5 Å². The van der Waals surface area contributed by atoms with Gasteiger partial charge in [-0.1, -0.05) is 26.2 Å². The first kappa shape index (κ1) is 11.7. The largest absolute Gasteiger partial charge is 0.370 e. The van der Waals surface area contributed by atoms with E-state index in [2.05, 4.69) is 17.2 Å². The highest BCUT2D eigenvalue weighted by atomic mass is 15.1. The molecule has 92 valence electrons. The van der Waals surface area contributed by atoms with Crippen LogP contribution in [0.4, 0.5) is 0 Å². The summed E-state index contributed by atoms with van der Waals surface area (Å²) in [6.45, 7) is 4.29. The Morgan fingerprint density at radius 2 is 2.00 bits per heavy atom. The molecule has 0 amide bonds. The highest BCUT2D eigenvalue weighted by Crippen LogP contribution is 2.30. The second-order valence-corrected chi connectivity index (χ2v) is 5.57. The molecule has 0 aromatic carbocycles. The van der Waals surface area contributed by atoms with Gasteiger partial charge in [-0.25, -0.2) is 0 Å². The zero-order chi connectivity index (χ0) is 11.4. The van der Waals surface area contributed by atoms with Crippen molar-refractivity contribution in [3.8, 4) is 0 Å². The van der Waals surface area contributed by atoms with Gasteiger partial charge in [-0.15, -0.1) is 0 Å². The lowest BCUT2D eigenvalue weighted by molar-refractivity contribution is 0.326. The van der Waals surface area contributed by atoms with E-state index in [1.807, 2.05) is 0 Å². The lowest BCUT2D eigenvalue weighted by atomic mass is 9.86. The van der Waals surface area contributed by atoms with Gasteiger partial charge in [0.25, 0.3) is 0 Å². The van der Waals surface area contributed by atoms with Crippen LogP contribution in [-0.2, 0) is 0 Å². The summed E-state index contributed by atoms with van der Waals surface area (Å²) in [7, 11) is 0. The first-order chi connectivity index (χ1) is 7.75. The molecule has 0 spiro atoms. The van der Waals surface area contributed by atoms with Crippen LogP contribution in [-0.4, -0.2) is 19.0 Å². The summed E-state index contributed by atoms with van der Waals surface area (Å²) in [5.41, 5.74) is 5.86. The Balaban J connectivity index is 1.63. The number of hydrogen-bond acceptors (Lipinski definition) is 1. The minimum absolute atomic E-state index is 0.658. The fraction of sp³-hybridized carbons (Fsp3) is 0.923. The van der Waals surface area contributed by atoms with Crippen LogP contribution < -0.4 is 11.1 Å². The highest BCUT2D eigenvalue weighted by Gasteiger charge is 2.23. The maximum Gasteiger partial charge on any atom is 0.188 e. The second-order valence-electron chi connectivity index (χ2n) is 5.57. The minimum Gasteiger partial charge on any atom is -0.370 e. The quantitative estimate of drug-likeness (QED) is 0.566. The number of aliphatic imine (C=N–C) groups is 1. The average Bonchev–Trinajstić information content (AvgIpc) is 2.59.